The molecule has 2 aromatic heterocycles. The van der Waals surface area contributed by atoms with Gasteiger partial charge in [0, 0.05) is 12.2 Å². The standard InChI is InChI=1S/C21H20N4O/c1-13(22)20(16-7-6-14-4-2-3-5-15(14)12-16)25-21(26)19-9-8-17-18(24-19)10-11-23-17/h2-13,20,23H,22H2,1H3,(H,25,26). The average molecular weight is 344 g/mol. The second-order valence-electron chi connectivity index (χ2n) is 6.52. The van der Waals surface area contributed by atoms with Gasteiger partial charge in [-0.2, -0.15) is 0 Å². The van der Waals surface area contributed by atoms with Crippen LogP contribution < -0.4 is 11.1 Å². The van der Waals surface area contributed by atoms with Gasteiger partial charge in [0.1, 0.15) is 5.69 Å². The molecule has 5 nitrogen and oxygen atoms in total. The van der Waals surface area contributed by atoms with Crippen LogP contribution in [0.1, 0.15) is 29.0 Å². The molecule has 0 saturated carbocycles. The zero-order chi connectivity index (χ0) is 18.1. The van der Waals surface area contributed by atoms with E-state index in [-0.39, 0.29) is 18.0 Å². The van der Waals surface area contributed by atoms with E-state index >= 15 is 0 Å². The van der Waals surface area contributed by atoms with Crippen LogP contribution in [0.2, 0.25) is 0 Å². The third kappa shape index (κ3) is 3.05. The predicted octanol–water partition coefficient (Wildman–Crippen LogP) is 3.53. The van der Waals surface area contributed by atoms with E-state index in [4.69, 9.17) is 5.73 Å². The number of nitrogens with two attached hydrogens (primary N) is 1. The molecule has 26 heavy (non-hydrogen) atoms. The first-order chi connectivity index (χ1) is 12.6. The number of hydrogen-bond donors (Lipinski definition) is 3. The third-order valence-electron chi connectivity index (χ3n) is 4.58. The molecule has 0 aliphatic heterocycles. The Balaban J connectivity index is 1.64. The normalized spacial score (nSPS) is 13.6. The summed E-state index contributed by atoms with van der Waals surface area (Å²) in [6.07, 6.45) is 1.80. The Bertz CT molecular complexity index is 1080. The molecule has 2 aromatic carbocycles. The number of amides is 1. The number of pyridine rings is 1. The van der Waals surface area contributed by atoms with Crippen molar-refractivity contribution in [1.29, 1.82) is 0 Å². The fourth-order valence-corrected chi connectivity index (χ4v) is 3.20. The minimum atomic E-state index is -0.296. The van der Waals surface area contributed by atoms with Gasteiger partial charge in [0.05, 0.1) is 17.1 Å². The molecule has 0 spiro atoms. The van der Waals surface area contributed by atoms with Gasteiger partial charge >= 0.3 is 0 Å². The lowest BCUT2D eigenvalue weighted by atomic mass is 9.97. The number of nitrogens with zero attached hydrogens (tertiary/aromatic N) is 1. The van der Waals surface area contributed by atoms with Crippen molar-refractivity contribution in [2.75, 3.05) is 0 Å². The van der Waals surface area contributed by atoms with Crippen LogP contribution in [-0.2, 0) is 0 Å². The molecule has 1 amide bonds. The van der Waals surface area contributed by atoms with Crippen molar-refractivity contribution < 1.29 is 4.79 Å². The van der Waals surface area contributed by atoms with Crippen LogP contribution in [0, 0.1) is 0 Å². The Labute approximate surface area is 151 Å². The molecule has 0 aliphatic rings. The summed E-state index contributed by atoms with van der Waals surface area (Å²) in [7, 11) is 0. The van der Waals surface area contributed by atoms with E-state index in [1.54, 1.807) is 12.3 Å². The summed E-state index contributed by atoms with van der Waals surface area (Å²) in [5.74, 6) is -0.233. The molecular formula is C21H20N4O. The highest BCUT2D eigenvalue weighted by molar-refractivity contribution is 5.95. The third-order valence-corrected chi connectivity index (χ3v) is 4.58. The zero-order valence-corrected chi connectivity index (χ0v) is 14.4. The molecule has 4 rings (SSSR count). The largest absolute Gasteiger partial charge is 0.360 e. The molecule has 2 atom stereocenters. The van der Waals surface area contributed by atoms with Crippen molar-refractivity contribution >= 4 is 27.7 Å². The second kappa shape index (κ2) is 6.61. The van der Waals surface area contributed by atoms with Gasteiger partial charge in [-0.3, -0.25) is 4.79 Å². The van der Waals surface area contributed by atoms with E-state index in [1.165, 1.54) is 0 Å². The first-order valence-electron chi connectivity index (χ1n) is 8.61. The van der Waals surface area contributed by atoms with Crippen molar-refractivity contribution in [3.8, 4) is 0 Å². The van der Waals surface area contributed by atoms with E-state index < -0.39 is 0 Å². The van der Waals surface area contributed by atoms with Crippen molar-refractivity contribution in [2.45, 2.75) is 19.0 Å². The number of fused-ring (bicyclic) bond motifs is 2. The maximum Gasteiger partial charge on any atom is 0.270 e. The molecule has 0 aliphatic carbocycles. The van der Waals surface area contributed by atoms with Gasteiger partial charge in [-0.05, 0) is 47.5 Å². The summed E-state index contributed by atoms with van der Waals surface area (Å²) in [6.45, 7) is 1.89. The Morgan fingerprint density at radius 3 is 2.69 bits per heavy atom. The number of carbonyl (C=O) groups is 1. The Kier molecular flexibility index (Phi) is 4.14. The lowest BCUT2D eigenvalue weighted by molar-refractivity contribution is 0.0927. The molecule has 130 valence electrons. The van der Waals surface area contributed by atoms with E-state index in [9.17, 15) is 4.79 Å². The molecule has 4 aromatic rings. The lowest BCUT2D eigenvalue weighted by Crippen LogP contribution is -2.39. The maximum absolute atomic E-state index is 12.7. The minimum Gasteiger partial charge on any atom is -0.360 e. The van der Waals surface area contributed by atoms with Gasteiger partial charge in [-0.15, -0.1) is 0 Å². The van der Waals surface area contributed by atoms with Crippen LogP contribution in [0.3, 0.4) is 0 Å². The molecule has 0 bridgehead atoms. The summed E-state index contributed by atoms with van der Waals surface area (Å²) >= 11 is 0. The van der Waals surface area contributed by atoms with Gasteiger partial charge < -0.3 is 16.0 Å². The number of hydrogen-bond acceptors (Lipinski definition) is 3. The van der Waals surface area contributed by atoms with E-state index in [2.05, 4.69) is 39.6 Å². The highest BCUT2D eigenvalue weighted by Crippen LogP contribution is 2.22. The van der Waals surface area contributed by atoms with E-state index in [1.807, 2.05) is 37.3 Å². The number of aromatic amines is 1. The van der Waals surface area contributed by atoms with Crippen molar-refractivity contribution in [2.24, 2.45) is 5.73 Å². The van der Waals surface area contributed by atoms with Gasteiger partial charge in [0.15, 0.2) is 0 Å². The molecular weight excluding hydrogens is 324 g/mol. The Morgan fingerprint density at radius 2 is 1.88 bits per heavy atom. The smallest absolute Gasteiger partial charge is 0.270 e. The van der Waals surface area contributed by atoms with Gasteiger partial charge in [-0.1, -0.05) is 36.4 Å². The van der Waals surface area contributed by atoms with Gasteiger partial charge in [0.25, 0.3) is 5.91 Å². The molecule has 0 fully saturated rings. The average Bonchev–Trinajstić information content (AvgIpc) is 3.13. The summed E-state index contributed by atoms with van der Waals surface area (Å²) in [4.78, 5) is 20.2. The van der Waals surface area contributed by atoms with Gasteiger partial charge in [-0.25, -0.2) is 4.98 Å². The number of rotatable bonds is 4. The minimum absolute atomic E-state index is 0.233. The van der Waals surface area contributed by atoms with E-state index in [0.717, 1.165) is 27.4 Å². The van der Waals surface area contributed by atoms with Crippen LogP contribution in [-0.4, -0.2) is 21.9 Å². The quantitative estimate of drug-likeness (QED) is 0.529. The summed E-state index contributed by atoms with van der Waals surface area (Å²) in [5, 5.41) is 5.31. The second-order valence-corrected chi connectivity index (χ2v) is 6.52. The Morgan fingerprint density at radius 1 is 1.08 bits per heavy atom. The van der Waals surface area contributed by atoms with Crippen LogP contribution in [0.25, 0.3) is 21.8 Å². The number of aromatic nitrogens is 2. The number of H-pyrrole nitrogens is 1. The first-order valence-corrected chi connectivity index (χ1v) is 8.61. The lowest BCUT2D eigenvalue weighted by Gasteiger charge is -2.23. The van der Waals surface area contributed by atoms with Gasteiger partial charge in [0.2, 0.25) is 0 Å². The fraction of sp³-hybridized carbons (Fsp3) is 0.143. The predicted molar refractivity (Wildman–Crippen MR) is 104 cm³/mol. The van der Waals surface area contributed by atoms with Crippen molar-refractivity contribution in [3.63, 3.8) is 0 Å². The first kappa shape index (κ1) is 16.3. The topological polar surface area (TPSA) is 83.8 Å². The highest BCUT2D eigenvalue weighted by atomic mass is 16.1. The van der Waals surface area contributed by atoms with Crippen LogP contribution in [0.5, 0.6) is 0 Å². The summed E-state index contributed by atoms with van der Waals surface area (Å²) in [6, 6.07) is 19.2. The summed E-state index contributed by atoms with van der Waals surface area (Å²) < 4.78 is 0. The molecule has 5 heteroatoms. The Hall–Kier alpha value is -3.18. The maximum atomic E-state index is 12.7. The molecule has 0 saturated heterocycles. The number of nitrogens with one attached hydrogen (secondary N) is 2. The highest BCUT2D eigenvalue weighted by Gasteiger charge is 2.20. The molecule has 2 heterocycles. The zero-order valence-electron chi connectivity index (χ0n) is 14.4. The number of carbonyl (C=O) groups excluding carboxylic acids is 1. The SMILES string of the molecule is CC(N)C(NC(=O)c1ccc2[nH]ccc2n1)c1ccc2ccccc2c1. The molecule has 4 N–H and O–H groups in total. The van der Waals surface area contributed by atoms with Crippen molar-refractivity contribution in [1.82, 2.24) is 15.3 Å². The van der Waals surface area contributed by atoms with Crippen LogP contribution >= 0.6 is 0 Å². The fourth-order valence-electron chi connectivity index (χ4n) is 3.20. The van der Waals surface area contributed by atoms with Crippen LogP contribution in [0.15, 0.2) is 66.9 Å². The monoisotopic (exact) mass is 344 g/mol. The molecule has 2 unspecified atom stereocenters. The summed E-state index contributed by atoms with van der Waals surface area (Å²) in [5.41, 5.74) is 9.20. The van der Waals surface area contributed by atoms with E-state index in [0.29, 0.717) is 5.69 Å². The number of benzene rings is 2. The van der Waals surface area contributed by atoms with Crippen molar-refractivity contribution in [3.05, 3.63) is 78.1 Å². The van der Waals surface area contributed by atoms with Crippen LogP contribution in [0.4, 0.5) is 0 Å². The molecule has 0 radical (unpaired) electrons.